The second kappa shape index (κ2) is 8.27. The zero-order valence-corrected chi connectivity index (χ0v) is 16.8. The fourth-order valence-electron chi connectivity index (χ4n) is 3.37. The summed E-state index contributed by atoms with van der Waals surface area (Å²) in [5.74, 6) is 0.0553. The topological polar surface area (TPSA) is 93.2 Å². The molecule has 3 heterocycles. The van der Waals surface area contributed by atoms with Crippen molar-refractivity contribution in [1.82, 2.24) is 14.7 Å². The number of aryl methyl sites for hydroxylation is 2. The maximum atomic E-state index is 12.8. The minimum atomic E-state index is -2.69. The van der Waals surface area contributed by atoms with Gasteiger partial charge >= 0.3 is 0 Å². The monoisotopic (exact) mass is 426 g/mol. The highest BCUT2D eigenvalue weighted by molar-refractivity contribution is 5.95. The number of aliphatic hydroxyl groups excluding tert-OH is 1. The molecule has 9 heteroatoms. The minimum Gasteiger partial charge on any atom is -0.378 e. The van der Waals surface area contributed by atoms with E-state index in [0.717, 1.165) is 11.2 Å². The number of carbonyl (C=O) groups excluding carboxylic acids is 1. The van der Waals surface area contributed by atoms with Gasteiger partial charge in [-0.15, -0.1) is 0 Å². The van der Waals surface area contributed by atoms with Crippen molar-refractivity contribution in [3.05, 3.63) is 76.8 Å². The summed E-state index contributed by atoms with van der Waals surface area (Å²) >= 11 is 0. The highest BCUT2D eigenvalue weighted by Gasteiger charge is 2.20. The molecule has 0 saturated carbocycles. The largest absolute Gasteiger partial charge is 0.378 e. The van der Waals surface area contributed by atoms with Gasteiger partial charge < -0.3 is 19.5 Å². The molecule has 7 nitrogen and oxygen atoms in total. The van der Waals surface area contributed by atoms with Crippen LogP contribution in [0.5, 0.6) is 0 Å². The van der Waals surface area contributed by atoms with Crippen LogP contribution in [0.2, 0.25) is 0 Å². The lowest BCUT2D eigenvalue weighted by Gasteiger charge is -2.13. The van der Waals surface area contributed by atoms with Gasteiger partial charge in [-0.2, -0.15) is 0 Å². The molecular formula is C22H20F2N4O3. The van der Waals surface area contributed by atoms with Crippen LogP contribution in [0.15, 0.2) is 53.1 Å². The quantitative estimate of drug-likeness (QED) is 0.480. The van der Waals surface area contributed by atoms with Crippen molar-refractivity contribution in [1.29, 1.82) is 0 Å². The first-order valence-corrected chi connectivity index (χ1v) is 9.58. The Morgan fingerprint density at radius 3 is 2.61 bits per heavy atom. The molecule has 160 valence electrons. The van der Waals surface area contributed by atoms with Gasteiger partial charge in [-0.25, -0.2) is 13.8 Å². The van der Waals surface area contributed by atoms with Crippen LogP contribution in [0, 0.1) is 13.8 Å². The maximum Gasteiger partial charge on any atom is 0.283 e. The van der Waals surface area contributed by atoms with Gasteiger partial charge in [0, 0.05) is 11.8 Å². The Hall–Kier alpha value is -3.59. The zero-order chi connectivity index (χ0) is 22.1. The molecule has 0 fully saturated rings. The van der Waals surface area contributed by atoms with Crippen molar-refractivity contribution in [3.8, 4) is 0 Å². The summed E-state index contributed by atoms with van der Waals surface area (Å²) in [5, 5.41) is 16.4. The highest BCUT2D eigenvalue weighted by atomic mass is 19.3. The molecule has 0 spiro atoms. The van der Waals surface area contributed by atoms with Crippen LogP contribution in [-0.2, 0) is 11.3 Å². The van der Waals surface area contributed by atoms with Crippen LogP contribution >= 0.6 is 0 Å². The molecule has 1 amide bonds. The second-order valence-corrected chi connectivity index (χ2v) is 7.25. The number of pyridine rings is 1. The van der Waals surface area contributed by atoms with E-state index in [2.05, 4.69) is 15.5 Å². The average Bonchev–Trinajstić information content (AvgIpc) is 3.34. The van der Waals surface area contributed by atoms with Crippen molar-refractivity contribution in [3.63, 3.8) is 0 Å². The van der Waals surface area contributed by atoms with E-state index in [4.69, 9.17) is 4.52 Å². The molecule has 0 bridgehead atoms. The molecule has 4 aromatic rings. The van der Waals surface area contributed by atoms with E-state index in [1.807, 2.05) is 23.6 Å². The Balaban J connectivity index is 1.60. The molecule has 0 saturated heterocycles. The number of carbonyl (C=O) groups is 1. The Morgan fingerprint density at radius 1 is 1.19 bits per heavy atom. The molecular weight excluding hydrogens is 406 g/mol. The third kappa shape index (κ3) is 4.17. The molecule has 1 atom stereocenters. The van der Waals surface area contributed by atoms with Crippen molar-refractivity contribution in [2.75, 3.05) is 5.32 Å². The second-order valence-electron chi connectivity index (χ2n) is 7.25. The van der Waals surface area contributed by atoms with Crippen molar-refractivity contribution < 1.29 is 23.2 Å². The van der Waals surface area contributed by atoms with Crippen LogP contribution in [0.25, 0.3) is 11.0 Å². The lowest BCUT2D eigenvalue weighted by atomic mass is 10.1. The summed E-state index contributed by atoms with van der Waals surface area (Å²) in [6.45, 7) is 3.86. The summed E-state index contributed by atoms with van der Waals surface area (Å²) in [4.78, 5) is 17.0. The minimum absolute atomic E-state index is 0.217. The molecule has 3 aromatic heterocycles. The van der Waals surface area contributed by atoms with Gasteiger partial charge in [-0.05, 0) is 37.1 Å². The first-order valence-electron chi connectivity index (χ1n) is 9.58. The molecule has 4 rings (SSSR count). The normalized spacial score (nSPS) is 12.5. The van der Waals surface area contributed by atoms with E-state index in [0.29, 0.717) is 28.2 Å². The molecule has 0 aliphatic heterocycles. The zero-order valence-electron chi connectivity index (χ0n) is 16.8. The maximum absolute atomic E-state index is 12.8. The first kappa shape index (κ1) is 20.7. The summed E-state index contributed by atoms with van der Waals surface area (Å²) in [6.07, 6.45) is -4.01. The molecule has 0 aliphatic rings. The standard InChI is InChI=1S/C22H20F2N4O3/c1-12-8-18-16(9-13(2)28(18)11-15-10-17(20(23)24)27-31-15)25-21(12)26-22(30)19(29)14-6-4-3-5-7-14/h3-10,19-20,29H,11H2,1-2H3,(H,25,26,30)/t19-/m1/s1. The van der Waals surface area contributed by atoms with Gasteiger partial charge in [0.15, 0.2) is 11.9 Å². The first-order chi connectivity index (χ1) is 14.8. The van der Waals surface area contributed by atoms with E-state index in [1.165, 1.54) is 6.07 Å². The van der Waals surface area contributed by atoms with Crippen LogP contribution < -0.4 is 5.32 Å². The number of fused-ring (bicyclic) bond motifs is 1. The van der Waals surface area contributed by atoms with Crippen LogP contribution in [0.1, 0.15) is 40.8 Å². The Kier molecular flexibility index (Phi) is 5.51. The van der Waals surface area contributed by atoms with Crippen LogP contribution in [0.4, 0.5) is 14.6 Å². The van der Waals surface area contributed by atoms with E-state index in [9.17, 15) is 18.7 Å². The lowest BCUT2D eigenvalue weighted by molar-refractivity contribution is -0.124. The predicted octanol–water partition coefficient (Wildman–Crippen LogP) is 4.30. The SMILES string of the molecule is Cc1cc2c(cc(C)n2Cc2cc(C(F)F)no2)nc1NC(=O)[C@H](O)c1ccccc1. The molecule has 0 radical (unpaired) electrons. The number of halogens is 2. The Morgan fingerprint density at radius 2 is 1.94 bits per heavy atom. The fraction of sp³-hybridized carbons (Fsp3) is 0.227. The number of aromatic nitrogens is 3. The molecule has 1 aromatic carbocycles. The number of anilines is 1. The summed E-state index contributed by atoms with van der Waals surface area (Å²) in [6, 6.07) is 13.5. The predicted molar refractivity (Wildman–Crippen MR) is 110 cm³/mol. The number of amides is 1. The fourth-order valence-corrected chi connectivity index (χ4v) is 3.37. The van der Waals surface area contributed by atoms with Gasteiger partial charge in [0.2, 0.25) is 0 Å². The smallest absolute Gasteiger partial charge is 0.283 e. The number of nitrogens with zero attached hydrogens (tertiary/aromatic N) is 3. The highest BCUT2D eigenvalue weighted by Crippen LogP contribution is 2.26. The van der Waals surface area contributed by atoms with Crippen LogP contribution in [-0.4, -0.2) is 25.7 Å². The molecule has 0 unspecified atom stereocenters. The van der Waals surface area contributed by atoms with E-state index in [-0.39, 0.29) is 6.54 Å². The van der Waals surface area contributed by atoms with E-state index in [1.54, 1.807) is 37.3 Å². The van der Waals surface area contributed by atoms with Gasteiger partial charge in [0.05, 0.1) is 17.6 Å². The van der Waals surface area contributed by atoms with Gasteiger partial charge in [-0.3, -0.25) is 4.79 Å². The molecule has 2 N–H and O–H groups in total. The average molecular weight is 426 g/mol. The lowest BCUT2D eigenvalue weighted by Crippen LogP contribution is -2.22. The summed E-state index contributed by atoms with van der Waals surface area (Å²) < 4.78 is 32.4. The van der Waals surface area contributed by atoms with Gasteiger partial charge in [0.25, 0.3) is 12.3 Å². The molecule has 0 aliphatic carbocycles. The number of aliphatic hydroxyl groups is 1. The number of hydrogen-bond acceptors (Lipinski definition) is 5. The van der Waals surface area contributed by atoms with Crippen LogP contribution in [0.3, 0.4) is 0 Å². The van der Waals surface area contributed by atoms with Gasteiger partial charge in [0.1, 0.15) is 11.5 Å². The number of benzene rings is 1. The summed E-state index contributed by atoms with van der Waals surface area (Å²) in [7, 11) is 0. The third-order valence-corrected chi connectivity index (χ3v) is 5.00. The summed E-state index contributed by atoms with van der Waals surface area (Å²) in [5.41, 5.74) is 2.97. The van der Waals surface area contributed by atoms with E-state index >= 15 is 0 Å². The van der Waals surface area contributed by atoms with Crippen molar-refractivity contribution >= 4 is 22.8 Å². The van der Waals surface area contributed by atoms with Crippen molar-refractivity contribution in [2.45, 2.75) is 32.9 Å². The number of hydrogen-bond donors (Lipinski definition) is 2. The van der Waals surface area contributed by atoms with Gasteiger partial charge in [-0.1, -0.05) is 35.5 Å². The van der Waals surface area contributed by atoms with Crippen molar-refractivity contribution in [2.24, 2.45) is 0 Å². The third-order valence-electron chi connectivity index (χ3n) is 5.00. The molecule has 31 heavy (non-hydrogen) atoms. The Labute approximate surface area is 176 Å². The Bertz CT molecular complexity index is 1230. The number of rotatable bonds is 6. The number of alkyl halides is 2. The number of nitrogens with one attached hydrogen (secondary N) is 1. The van der Waals surface area contributed by atoms with E-state index < -0.39 is 24.1 Å².